The largest absolute Gasteiger partial charge is 0.362 e. The van der Waals surface area contributed by atoms with Crippen LogP contribution < -0.4 is 0 Å². The second-order valence-electron chi connectivity index (χ2n) is 6.44. The van der Waals surface area contributed by atoms with Crippen LogP contribution in [0.25, 0.3) is 0 Å². The molecular formula is C17H22ClFN2O2. The summed E-state index contributed by atoms with van der Waals surface area (Å²) in [5.41, 5.74) is -0.304. The summed E-state index contributed by atoms with van der Waals surface area (Å²) in [6, 6.07) is 4.72. The number of rotatable bonds is 2. The first kappa shape index (κ1) is 16.7. The van der Waals surface area contributed by atoms with E-state index < -0.39 is 5.60 Å². The Kier molecular flexibility index (Phi) is 4.90. The van der Waals surface area contributed by atoms with Crippen molar-refractivity contribution in [2.45, 2.75) is 31.4 Å². The molecule has 2 heterocycles. The van der Waals surface area contributed by atoms with Crippen LogP contribution in [0.3, 0.4) is 0 Å². The highest BCUT2D eigenvalue weighted by Crippen LogP contribution is 2.31. The fourth-order valence-corrected chi connectivity index (χ4v) is 3.72. The van der Waals surface area contributed by atoms with Crippen LogP contribution in [0.4, 0.5) is 4.39 Å². The van der Waals surface area contributed by atoms with Gasteiger partial charge in [0.25, 0.3) is 5.91 Å². The van der Waals surface area contributed by atoms with Gasteiger partial charge < -0.3 is 9.64 Å². The molecular weight excluding hydrogens is 319 g/mol. The number of carbonyl (C=O) groups excluding carboxylic acids is 1. The van der Waals surface area contributed by atoms with E-state index in [1.165, 1.54) is 6.07 Å². The Hall–Kier alpha value is -1.17. The van der Waals surface area contributed by atoms with E-state index in [0.29, 0.717) is 36.8 Å². The number of likely N-dealkylation sites (N-methyl/N-ethyl adjacent to an activating group) is 1. The number of morpholine rings is 1. The molecule has 126 valence electrons. The van der Waals surface area contributed by atoms with Gasteiger partial charge in [-0.1, -0.05) is 17.7 Å². The minimum atomic E-state index is -0.790. The molecule has 4 nitrogen and oxygen atoms in total. The Morgan fingerprint density at radius 3 is 2.96 bits per heavy atom. The number of nitrogens with zero attached hydrogens (tertiary/aromatic N) is 2. The lowest BCUT2D eigenvalue weighted by molar-refractivity contribution is -0.169. The molecule has 23 heavy (non-hydrogen) atoms. The van der Waals surface area contributed by atoms with Crippen LogP contribution in [0.1, 0.15) is 24.8 Å². The fourth-order valence-electron chi connectivity index (χ4n) is 3.49. The zero-order valence-electron chi connectivity index (χ0n) is 13.4. The third-order valence-corrected chi connectivity index (χ3v) is 5.12. The zero-order valence-corrected chi connectivity index (χ0v) is 14.1. The number of amides is 1. The maximum absolute atomic E-state index is 14.0. The smallest absolute Gasteiger partial charge is 0.255 e. The van der Waals surface area contributed by atoms with Crippen LogP contribution in [-0.2, 0) is 16.1 Å². The molecule has 1 aromatic rings. The van der Waals surface area contributed by atoms with Gasteiger partial charge in [-0.15, -0.1) is 0 Å². The Balaban J connectivity index is 1.79. The van der Waals surface area contributed by atoms with Gasteiger partial charge in [-0.25, -0.2) is 4.39 Å². The van der Waals surface area contributed by atoms with E-state index in [2.05, 4.69) is 4.90 Å². The van der Waals surface area contributed by atoms with Crippen molar-refractivity contribution in [3.8, 4) is 0 Å². The lowest BCUT2D eigenvalue weighted by Crippen LogP contribution is -2.59. The molecule has 6 heteroatoms. The number of hydrogen-bond acceptors (Lipinski definition) is 3. The minimum Gasteiger partial charge on any atom is -0.362 e. The van der Waals surface area contributed by atoms with Crippen molar-refractivity contribution in [2.24, 2.45) is 0 Å². The van der Waals surface area contributed by atoms with Gasteiger partial charge in [-0.05, 0) is 31.4 Å². The van der Waals surface area contributed by atoms with Crippen LogP contribution in [0.5, 0.6) is 0 Å². The molecule has 0 saturated carbocycles. The number of likely N-dealkylation sites (tertiary alicyclic amines) is 1. The third kappa shape index (κ3) is 3.37. The molecule has 0 aliphatic carbocycles. The molecule has 3 rings (SSSR count). The summed E-state index contributed by atoms with van der Waals surface area (Å²) in [6.45, 7) is 2.80. The molecule has 1 atom stereocenters. The van der Waals surface area contributed by atoms with Crippen LogP contribution in [0.15, 0.2) is 18.2 Å². The van der Waals surface area contributed by atoms with E-state index in [0.717, 1.165) is 25.8 Å². The van der Waals surface area contributed by atoms with Gasteiger partial charge >= 0.3 is 0 Å². The first-order valence-electron chi connectivity index (χ1n) is 8.07. The normalized spacial score (nSPS) is 26.6. The number of halogens is 2. The average molecular weight is 341 g/mol. The molecule has 2 fully saturated rings. The number of hydrogen-bond donors (Lipinski definition) is 0. The monoisotopic (exact) mass is 340 g/mol. The quantitative estimate of drug-likeness (QED) is 0.830. The van der Waals surface area contributed by atoms with Crippen molar-refractivity contribution in [3.05, 3.63) is 34.6 Å². The molecule has 0 aromatic heterocycles. The van der Waals surface area contributed by atoms with Crippen molar-refractivity contribution >= 4 is 17.5 Å². The lowest BCUT2D eigenvalue weighted by Gasteiger charge is -2.42. The fraction of sp³-hybridized carbons (Fsp3) is 0.588. The summed E-state index contributed by atoms with van der Waals surface area (Å²) in [7, 11) is 1.82. The highest BCUT2D eigenvalue weighted by molar-refractivity contribution is 6.31. The molecule has 1 unspecified atom stereocenters. The van der Waals surface area contributed by atoms with E-state index in [1.54, 1.807) is 17.0 Å². The van der Waals surface area contributed by atoms with Gasteiger partial charge in [0.05, 0.1) is 6.61 Å². The molecule has 2 aliphatic rings. The van der Waals surface area contributed by atoms with Crippen LogP contribution in [0.2, 0.25) is 5.02 Å². The van der Waals surface area contributed by atoms with E-state index >= 15 is 0 Å². The summed E-state index contributed by atoms with van der Waals surface area (Å²) < 4.78 is 20.0. The Labute approximate surface area is 141 Å². The standard InChI is InChI=1S/C17H22ClFN2O2/c1-20-8-3-2-7-17(16(20)22)12-21(9-10-23-17)11-13-14(18)5-4-6-15(13)19/h4-6H,2-3,7-12H2,1H3. The maximum Gasteiger partial charge on any atom is 0.255 e. The Bertz CT molecular complexity index is 578. The molecule has 2 saturated heterocycles. The third-order valence-electron chi connectivity index (χ3n) is 4.77. The number of ether oxygens (including phenoxy) is 1. The Morgan fingerprint density at radius 1 is 1.35 bits per heavy atom. The molecule has 0 bridgehead atoms. The molecule has 1 aromatic carbocycles. The highest BCUT2D eigenvalue weighted by Gasteiger charge is 2.45. The van der Waals surface area contributed by atoms with Crippen molar-refractivity contribution in [3.63, 3.8) is 0 Å². The van der Waals surface area contributed by atoms with E-state index in [9.17, 15) is 9.18 Å². The van der Waals surface area contributed by atoms with Crippen LogP contribution >= 0.6 is 11.6 Å². The van der Waals surface area contributed by atoms with Crippen molar-refractivity contribution in [1.82, 2.24) is 9.80 Å². The molecule has 1 spiro atoms. The predicted molar refractivity (Wildman–Crippen MR) is 86.9 cm³/mol. The summed E-state index contributed by atoms with van der Waals surface area (Å²) in [5.74, 6) is -0.262. The topological polar surface area (TPSA) is 32.8 Å². The molecule has 0 N–H and O–H groups in total. The van der Waals surface area contributed by atoms with Gasteiger partial charge in [0.2, 0.25) is 0 Å². The maximum atomic E-state index is 14.0. The molecule has 0 radical (unpaired) electrons. The lowest BCUT2D eigenvalue weighted by atomic mass is 9.94. The van der Waals surface area contributed by atoms with Gasteiger partial charge in [0.15, 0.2) is 5.60 Å². The number of benzene rings is 1. The van der Waals surface area contributed by atoms with Gasteiger partial charge in [0, 0.05) is 43.8 Å². The predicted octanol–water partition coefficient (Wildman–Crippen LogP) is 2.69. The second kappa shape index (κ2) is 6.75. The van der Waals surface area contributed by atoms with Crippen molar-refractivity contribution in [2.75, 3.05) is 33.3 Å². The minimum absolute atomic E-state index is 0.0410. The van der Waals surface area contributed by atoms with Crippen molar-refractivity contribution < 1.29 is 13.9 Å². The summed E-state index contributed by atoms with van der Waals surface area (Å²) in [5, 5.41) is 0.426. The zero-order chi connectivity index (χ0) is 16.4. The SMILES string of the molecule is CN1CCCCC2(CN(Cc3c(F)cccc3Cl)CCO2)C1=O. The van der Waals surface area contributed by atoms with E-state index in [4.69, 9.17) is 16.3 Å². The second-order valence-corrected chi connectivity index (χ2v) is 6.84. The average Bonchev–Trinajstić information content (AvgIpc) is 2.66. The number of carbonyl (C=O) groups is 1. The van der Waals surface area contributed by atoms with Gasteiger partial charge in [-0.3, -0.25) is 9.69 Å². The first-order valence-corrected chi connectivity index (χ1v) is 8.44. The van der Waals surface area contributed by atoms with Gasteiger partial charge in [0.1, 0.15) is 5.82 Å². The molecule has 1 amide bonds. The van der Waals surface area contributed by atoms with E-state index in [-0.39, 0.29) is 11.7 Å². The summed E-state index contributed by atoms with van der Waals surface area (Å²) in [6.07, 6.45) is 2.68. The first-order chi connectivity index (χ1) is 11.0. The Morgan fingerprint density at radius 2 is 2.17 bits per heavy atom. The van der Waals surface area contributed by atoms with E-state index in [1.807, 2.05) is 7.05 Å². The van der Waals surface area contributed by atoms with Gasteiger partial charge in [-0.2, -0.15) is 0 Å². The van der Waals surface area contributed by atoms with Crippen LogP contribution in [0, 0.1) is 5.82 Å². The van der Waals surface area contributed by atoms with Crippen LogP contribution in [-0.4, -0.2) is 54.6 Å². The summed E-state index contributed by atoms with van der Waals surface area (Å²) in [4.78, 5) is 16.6. The molecule has 2 aliphatic heterocycles. The highest BCUT2D eigenvalue weighted by atomic mass is 35.5. The van der Waals surface area contributed by atoms with Crippen molar-refractivity contribution in [1.29, 1.82) is 0 Å². The summed E-state index contributed by atoms with van der Waals surface area (Å²) >= 11 is 6.13.